The highest BCUT2D eigenvalue weighted by Crippen LogP contribution is 2.24. The molecular formula is C20H28N6O2. The minimum Gasteiger partial charge on any atom is -0.352 e. The quantitative estimate of drug-likeness (QED) is 0.851. The van der Waals surface area contributed by atoms with Crippen LogP contribution in [0.15, 0.2) is 6.07 Å². The molecule has 8 heteroatoms. The van der Waals surface area contributed by atoms with Crippen LogP contribution in [0.1, 0.15) is 41.5 Å². The van der Waals surface area contributed by atoms with Crippen LogP contribution in [0.5, 0.6) is 0 Å². The number of aryl methyl sites for hydroxylation is 3. The Morgan fingerprint density at radius 3 is 2.50 bits per heavy atom. The molecule has 2 fully saturated rings. The number of carbonyl (C=O) groups excluding carboxylic acids is 2. The zero-order valence-electron chi connectivity index (χ0n) is 17.0. The third kappa shape index (κ3) is 3.48. The third-order valence-corrected chi connectivity index (χ3v) is 5.78. The standard InChI is InChI=1S/C20H28N6O2/c1-12-11-16(17-13(2)23-24(4)18(17)21-12)20(28)26-9-7-25(8-10-26)14(3)19(27)22-15-5-6-15/h11,14-15H,5-10H2,1-4H3,(H,22,27). The van der Waals surface area contributed by atoms with Gasteiger partial charge in [-0.3, -0.25) is 19.2 Å². The van der Waals surface area contributed by atoms with Gasteiger partial charge in [-0.1, -0.05) is 0 Å². The van der Waals surface area contributed by atoms with Gasteiger partial charge in [0.15, 0.2) is 5.65 Å². The topological polar surface area (TPSA) is 83.4 Å². The number of amides is 2. The smallest absolute Gasteiger partial charge is 0.254 e. The lowest BCUT2D eigenvalue weighted by Crippen LogP contribution is -2.55. The maximum Gasteiger partial charge on any atom is 0.254 e. The van der Waals surface area contributed by atoms with Crippen LogP contribution < -0.4 is 5.32 Å². The van der Waals surface area contributed by atoms with Crippen LogP contribution in [-0.2, 0) is 11.8 Å². The summed E-state index contributed by atoms with van der Waals surface area (Å²) in [6, 6.07) is 2.07. The molecule has 8 nitrogen and oxygen atoms in total. The Morgan fingerprint density at radius 1 is 1.18 bits per heavy atom. The van der Waals surface area contributed by atoms with Crippen molar-refractivity contribution in [2.24, 2.45) is 7.05 Å². The summed E-state index contributed by atoms with van der Waals surface area (Å²) in [5.74, 6) is 0.112. The molecule has 2 aromatic heterocycles. The number of fused-ring (bicyclic) bond motifs is 1. The van der Waals surface area contributed by atoms with Crippen LogP contribution in [0.4, 0.5) is 0 Å². The molecule has 1 N–H and O–H groups in total. The molecule has 1 atom stereocenters. The summed E-state index contributed by atoms with van der Waals surface area (Å²) >= 11 is 0. The lowest BCUT2D eigenvalue weighted by atomic mass is 10.1. The van der Waals surface area contributed by atoms with Crippen LogP contribution in [0.25, 0.3) is 11.0 Å². The third-order valence-electron chi connectivity index (χ3n) is 5.78. The molecular weight excluding hydrogens is 356 g/mol. The van der Waals surface area contributed by atoms with E-state index in [4.69, 9.17) is 0 Å². The Morgan fingerprint density at radius 2 is 1.86 bits per heavy atom. The van der Waals surface area contributed by atoms with E-state index >= 15 is 0 Å². The van der Waals surface area contributed by atoms with Gasteiger partial charge in [0.2, 0.25) is 5.91 Å². The van der Waals surface area contributed by atoms with E-state index in [-0.39, 0.29) is 17.9 Å². The van der Waals surface area contributed by atoms with Crippen molar-refractivity contribution in [2.75, 3.05) is 26.2 Å². The van der Waals surface area contributed by atoms with Gasteiger partial charge in [0.1, 0.15) is 0 Å². The van der Waals surface area contributed by atoms with Gasteiger partial charge < -0.3 is 10.2 Å². The second-order valence-corrected chi connectivity index (χ2v) is 8.01. The molecule has 0 radical (unpaired) electrons. The first-order valence-corrected chi connectivity index (χ1v) is 10.00. The lowest BCUT2D eigenvalue weighted by Gasteiger charge is -2.37. The van der Waals surface area contributed by atoms with E-state index in [0.717, 1.165) is 35.3 Å². The highest BCUT2D eigenvalue weighted by atomic mass is 16.2. The molecule has 0 aromatic carbocycles. The normalized spacial score (nSPS) is 19.1. The Kier molecular flexibility index (Phi) is 4.82. The van der Waals surface area contributed by atoms with Crippen molar-refractivity contribution in [3.8, 4) is 0 Å². The molecule has 0 bridgehead atoms. The van der Waals surface area contributed by atoms with Crippen LogP contribution >= 0.6 is 0 Å². The maximum atomic E-state index is 13.3. The second-order valence-electron chi connectivity index (χ2n) is 8.01. The Balaban J connectivity index is 1.47. The number of piperazine rings is 1. The molecule has 0 spiro atoms. The molecule has 1 saturated carbocycles. The van der Waals surface area contributed by atoms with Crippen molar-refractivity contribution < 1.29 is 9.59 Å². The van der Waals surface area contributed by atoms with E-state index in [9.17, 15) is 9.59 Å². The monoisotopic (exact) mass is 384 g/mol. The maximum absolute atomic E-state index is 13.3. The van der Waals surface area contributed by atoms with Gasteiger partial charge in [-0.15, -0.1) is 0 Å². The Labute approximate surface area is 164 Å². The van der Waals surface area contributed by atoms with Crippen molar-refractivity contribution >= 4 is 22.8 Å². The number of hydrogen-bond donors (Lipinski definition) is 1. The average molecular weight is 384 g/mol. The first-order chi connectivity index (χ1) is 13.3. The zero-order valence-corrected chi connectivity index (χ0v) is 17.0. The highest BCUT2D eigenvalue weighted by Gasteiger charge is 2.31. The summed E-state index contributed by atoms with van der Waals surface area (Å²) in [5, 5.41) is 8.33. The van der Waals surface area contributed by atoms with Gasteiger partial charge in [-0.05, 0) is 39.7 Å². The molecule has 1 saturated heterocycles. The number of rotatable bonds is 4. The molecule has 1 aliphatic heterocycles. The van der Waals surface area contributed by atoms with Gasteiger partial charge in [-0.2, -0.15) is 5.10 Å². The van der Waals surface area contributed by atoms with Crippen molar-refractivity contribution in [3.63, 3.8) is 0 Å². The van der Waals surface area contributed by atoms with Crippen LogP contribution in [0, 0.1) is 13.8 Å². The van der Waals surface area contributed by atoms with Crippen molar-refractivity contribution in [1.29, 1.82) is 0 Å². The summed E-state index contributed by atoms with van der Waals surface area (Å²) in [6.07, 6.45) is 2.18. The molecule has 2 amide bonds. The molecule has 2 aliphatic rings. The van der Waals surface area contributed by atoms with Gasteiger partial charge in [0.05, 0.1) is 22.7 Å². The Hall–Kier alpha value is -2.48. The summed E-state index contributed by atoms with van der Waals surface area (Å²) in [6.45, 7) is 8.38. The zero-order chi connectivity index (χ0) is 20.0. The van der Waals surface area contributed by atoms with E-state index in [2.05, 4.69) is 20.3 Å². The SMILES string of the molecule is Cc1cc(C(=O)N2CCN(C(C)C(=O)NC3CC3)CC2)c2c(C)nn(C)c2n1. The predicted octanol–water partition coefficient (Wildman–Crippen LogP) is 1.01. The number of nitrogens with zero attached hydrogens (tertiary/aromatic N) is 5. The minimum absolute atomic E-state index is 0.0151. The Bertz CT molecular complexity index is 924. The molecule has 150 valence electrons. The largest absolute Gasteiger partial charge is 0.352 e. The number of nitrogens with one attached hydrogen (secondary N) is 1. The average Bonchev–Trinajstić information content (AvgIpc) is 3.44. The molecule has 3 heterocycles. The number of carbonyl (C=O) groups is 2. The first-order valence-electron chi connectivity index (χ1n) is 10.00. The summed E-state index contributed by atoms with van der Waals surface area (Å²) in [5.41, 5.74) is 3.03. The van der Waals surface area contributed by atoms with Crippen molar-refractivity contribution in [2.45, 2.75) is 45.7 Å². The fraction of sp³-hybridized carbons (Fsp3) is 0.600. The van der Waals surface area contributed by atoms with E-state index in [1.165, 1.54) is 0 Å². The molecule has 1 unspecified atom stereocenters. The number of pyridine rings is 1. The number of hydrogen-bond acceptors (Lipinski definition) is 5. The van der Waals surface area contributed by atoms with Crippen molar-refractivity contribution in [1.82, 2.24) is 29.9 Å². The van der Waals surface area contributed by atoms with E-state index < -0.39 is 0 Å². The van der Waals surface area contributed by atoms with Crippen LogP contribution in [0.2, 0.25) is 0 Å². The summed E-state index contributed by atoms with van der Waals surface area (Å²) in [7, 11) is 1.85. The van der Waals surface area contributed by atoms with E-state index in [1.807, 2.05) is 38.8 Å². The summed E-state index contributed by atoms with van der Waals surface area (Å²) < 4.78 is 1.73. The molecule has 2 aromatic rings. The van der Waals surface area contributed by atoms with Gasteiger partial charge in [0.25, 0.3) is 5.91 Å². The molecule has 1 aliphatic carbocycles. The van der Waals surface area contributed by atoms with Gasteiger partial charge >= 0.3 is 0 Å². The fourth-order valence-electron chi connectivity index (χ4n) is 3.94. The minimum atomic E-state index is -0.159. The van der Waals surface area contributed by atoms with E-state index in [0.29, 0.717) is 37.8 Å². The van der Waals surface area contributed by atoms with Crippen LogP contribution in [0.3, 0.4) is 0 Å². The summed E-state index contributed by atoms with van der Waals surface area (Å²) in [4.78, 5) is 34.1. The van der Waals surface area contributed by atoms with Crippen LogP contribution in [-0.4, -0.2) is 74.6 Å². The number of aromatic nitrogens is 3. The van der Waals surface area contributed by atoms with Gasteiger partial charge in [0, 0.05) is 45.0 Å². The molecule has 4 rings (SSSR count). The molecule has 28 heavy (non-hydrogen) atoms. The first kappa shape index (κ1) is 18.9. The lowest BCUT2D eigenvalue weighted by molar-refractivity contribution is -0.126. The second kappa shape index (κ2) is 7.16. The predicted molar refractivity (Wildman–Crippen MR) is 106 cm³/mol. The van der Waals surface area contributed by atoms with E-state index in [1.54, 1.807) is 4.68 Å². The van der Waals surface area contributed by atoms with Gasteiger partial charge in [-0.25, -0.2) is 4.98 Å². The fourth-order valence-corrected chi connectivity index (χ4v) is 3.94. The highest BCUT2D eigenvalue weighted by molar-refractivity contribution is 6.06. The van der Waals surface area contributed by atoms with Crippen molar-refractivity contribution in [3.05, 3.63) is 23.0 Å².